The predicted octanol–water partition coefficient (Wildman–Crippen LogP) is 1.33. The number of ether oxygens (including phenoxy) is 1. The van der Waals surface area contributed by atoms with E-state index >= 15 is 0 Å². The molecule has 1 amide bonds. The average Bonchev–Trinajstić information content (AvgIpc) is 2.95. The highest BCUT2D eigenvalue weighted by molar-refractivity contribution is 5.94. The Morgan fingerprint density at radius 2 is 2.18 bits per heavy atom. The Labute approximate surface area is 101 Å². The maximum absolute atomic E-state index is 12.3. The first kappa shape index (κ1) is 10.7. The Hall–Kier alpha value is -1.42. The monoisotopic (exact) mass is 232 g/mol. The lowest BCUT2D eigenvalue weighted by atomic mass is 10.1. The molecule has 2 heterocycles. The van der Waals surface area contributed by atoms with Gasteiger partial charge in [0.05, 0.1) is 12.1 Å². The molecule has 0 aromatic carbocycles. The molecule has 4 heteroatoms. The minimum absolute atomic E-state index is 0.113. The molecule has 1 aromatic rings. The van der Waals surface area contributed by atoms with E-state index < -0.39 is 0 Å². The van der Waals surface area contributed by atoms with Gasteiger partial charge in [0.25, 0.3) is 5.91 Å². The fraction of sp³-hybridized carbons (Fsp3) is 0.538. The summed E-state index contributed by atoms with van der Waals surface area (Å²) in [5.41, 5.74) is 0.724. The minimum atomic E-state index is 0.113. The largest absolute Gasteiger partial charge is 0.379 e. The molecule has 0 radical (unpaired) electrons. The van der Waals surface area contributed by atoms with E-state index in [1.807, 2.05) is 4.90 Å². The maximum Gasteiger partial charge on any atom is 0.254 e. The van der Waals surface area contributed by atoms with Crippen LogP contribution >= 0.6 is 0 Å². The zero-order chi connectivity index (χ0) is 11.8. The molecule has 0 spiro atoms. The molecule has 1 saturated carbocycles. The third-order valence-electron chi connectivity index (χ3n) is 3.97. The van der Waals surface area contributed by atoms with Gasteiger partial charge in [-0.2, -0.15) is 0 Å². The molecular formula is C13H16N2O2. The summed E-state index contributed by atoms with van der Waals surface area (Å²) in [6.07, 6.45) is 5.81. The van der Waals surface area contributed by atoms with E-state index in [1.54, 1.807) is 31.6 Å². The van der Waals surface area contributed by atoms with E-state index in [-0.39, 0.29) is 18.1 Å². The van der Waals surface area contributed by atoms with E-state index in [0.29, 0.717) is 5.92 Å². The van der Waals surface area contributed by atoms with Gasteiger partial charge < -0.3 is 9.64 Å². The number of fused-ring (bicyclic) bond motifs is 2. The molecule has 90 valence electrons. The van der Waals surface area contributed by atoms with Crippen LogP contribution in [0, 0.1) is 5.92 Å². The summed E-state index contributed by atoms with van der Waals surface area (Å²) in [4.78, 5) is 18.2. The molecule has 3 rings (SSSR count). The van der Waals surface area contributed by atoms with E-state index in [9.17, 15) is 4.79 Å². The molecule has 4 nitrogen and oxygen atoms in total. The van der Waals surface area contributed by atoms with Gasteiger partial charge in [-0.05, 0) is 25.0 Å². The molecule has 17 heavy (non-hydrogen) atoms. The number of aromatic nitrogens is 1. The molecule has 0 N–H and O–H groups in total. The van der Waals surface area contributed by atoms with Gasteiger partial charge in [-0.25, -0.2) is 0 Å². The lowest BCUT2D eigenvalue weighted by Gasteiger charge is -2.27. The zero-order valence-corrected chi connectivity index (χ0v) is 9.87. The average molecular weight is 232 g/mol. The maximum atomic E-state index is 12.3. The highest BCUT2D eigenvalue weighted by atomic mass is 16.5. The molecule has 1 aromatic heterocycles. The second-order valence-electron chi connectivity index (χ2n) is 4.80. The van der Waals surface area contributed by atoms with Crippen LogP contribution in [-0.4, -0.2) is 41.6 Å². The number of nitrogens with zero attached hydrogens (tertiary/aromatic N) is 2. The van der Waals surface area contributed by atoms with Crippen molar-refractivity contribution in [1.29, 1.82) is 0 Å². The summed E-state index contributed by atoms with van der Waals surface area (Å²) in [6, 6.07) is 3.82. The standard InChI is InChI=1S/C13H16N2O2/c1-17-12-10-2-3-11(12)15(8-10)13(16)9-4-6-14-7-5-9/h4-7,10-12H,2-3,8H2,1H3/t10-,11+,12-/m0/s1. The smallest absolute Gasteiger partial charge is 0.254 e. The van der Waals surface area contributed by atoms with Crippen molar-refractivity contribution < 1.29 is 9.53 Å². The third kappa shape index (κ3) is 1.63. The van der Waals surface area contributed by atoms with Crippen molar-refractivity contribution in [2.75, 3.05) is 13.7 Å². The van der Waals surface area contributed by atoms with Gasteiger partial charge in [0, 0.05) is 37.5 Å². The van der Waals surface area contributed by atoms with Gasteiger partial charge in [-0.1, -0.05) is 0 Å². The van der Waals surface area contributed by atoms with Crippen LogP contribution in [0.3, 0.4) is 0 Å². The van der Waals surface area contributed by atoms with Crippen molar-refractivity contribution in [1.82, 2.24) is 9.88 Å². The van der Waals surface area contributed by atoms with Gasteiger partial charge in [0.1, 0.15) is 0 Å². The van der Waals surface area contributed by atoms with Crippen LogP contribution in [0.2, 0.25) is 0 Å². The molecule has 2 fully saturated rings. The second-order valence-corrected chi connectivity index (χ2v) is 4.80. The fourth-order valence-corrected chi connectivity index (χ4v) is 3.19. The number of hydrogen-bond acceptors (Lipinski definition) is 3. The van der Waals surface area contributed by atoms with E-state index in [0.717, 1.165) is 18.5 Å². The normalized spacial score (nSPS) is 30.9. The molecule has 1 saturated heterocycles. The number of methoxy groups -OCH3 is 1. The summed E-state index contributed by atoms with van der Waals surface area (Å²) in [5, 5.41) is 0. The number of likely N-dealkylation sites (tertiary alicyclic amines) is 1. The quantitative estimate of drug-likeness (QED) is 0.772. The number of pyridine rings is 1. The van der Waals surface area contributed by atoms with E-state index in [1.165, 1.54) is 6.42 Å². The van der Waals surface area contributed by atoms with Crippen LogP contribution in [0.4, 0.5) is 0 Å². The Kier molecular flexibility index (Phi) is 2.59. The predicted molar refractivity (Wildman–Crippen MR) is 62.6 cm³/mol. The first-order chi connectivity index (χ1) is 8.31. The van der Waals surface area contributed by atoms with Crippen LogP contribution in [0.25, 0.3) is 0 Å². The number of carbonyl (C=O) groups is 1. The molecule has 1 aliphatic carbocycles. The molecule has 1 aliphatic heterocycles. The fourth-order valence-electron chi connectivity index (χ4n) is 3.19. The molecule has 2 bridgehead atoms. The van der Waals surface area contributed by atoms with Crippen molar-refractivity contribution in [2.24, 2.45) is 5.92 Å². The van der Waals surface area contributed by atoms with Crippen molar-refractivity contribution >= 4 is 5.91 Å². The summed E-state index contributed by atoms with van der Waals surface area (Å²) in [5.74, 6) is 0.637. The first-order valence-corrected chi connectivity index (χ1v) is 6.05. The molecule has 3 atom stereocenters. The Balaban J connectivity index is 1.81. The summed E-state index contributed by atoms with van der Waals surface area (Å²) >= 11 is 0. The van der Waals surface area contributed by atoms with Crippen LogP contribution in [0.15, 0.2) is 24.5 Å². The summed E-state index contributed by atoms with van der Waals surface area (Å²) in [7, 11) is 1.75. The Morgan fingerprint density at radius 3 is 2.82 bits per heavy atom. The zero-order valence-electron chi connectivity index (χ0n) is 9.87. The van der Waals surface area contributed by atoms with Gasteiger partial charge in [0.2, 0.25) is 0 Å². The number of carbonyl (C=O) groups excluding carboxylic acids is 1. The molecule has 2 aliphatic rings. The van der Waals surface area contributed by atoms with Crippen LogP contribution < -0.4 is 0 Å². The van der Waals surface area contributed by atoms with Gasteiger partial charge in [-0.15, -0.1) is 0 Å². The SMILES string of the molecule is CO[C@H]1[C@H]2CC[C@H]1N(C(=O)c1ccncc1)C2. The molecule has 0 unspecified atom stereocenters. The molecular weight excluding hydrogens is 216 g/mol. The number of piperidine rings is 1. The summed E-state index contributed by atoms with van der Waals surface area (Å²) < 4.78 is 5.51. The number of amides is 1. The minimum Gasteiger partial charge on any atom is -0.379 e. The second kappa shape index (κ2) is 4.11. The first-order valence-electron chi connectivity index (χ1n) is 6.05. The van der Waals surface area contributed by atoms with E-state index in [4.69, 9.17) is 4.74 Å². The third-order valence-corrected chi connectivity index (χ3v) is 3.97. The Morgan fingerprint density at radius 1 is 1.41 bits per heavy atom. The van der Waals surface area contributed by atoms with Crippen molar-refractivity contribution in [3.8, 4) is 0 Å². The van der Waals surface area contributed by atoms with Gasteiger partial charge in [0.15, 0.2) is 0 Å². The van der Waals surface area contributed by atoms with Crippen LogP contribution in [0.1, 0.15) is 23.2 Å². The van der Waals surface area contributed by atoms with Gasteiger partial charge in [-0.3, -0.25) is 9.78 Å². The van der Waals surface area contributed by atoms with Crippen molar-refractivity contribution in [2.45, 2.75) is 25.0 Å². The number of hydrogen-bond donors (Lipinski definition) is 0. The van der Waals surface area contributed by atoms with Crippen molar-refractivity contribution in [3.63, 3.8) is 0 Å². The van der Waals surface area contributed by atoms with E-state index in [2.05, 4.69) is 4.98 Å². The Bertz CT molecular complexity index is 421. The summed E-state index contributed by atoms with van der Waals surface area (Å²) in [6.45, 7) is 0.838. The highest BCUT2D eigenvalue weighted by Crippen LogP contribution is 2.40. The highest BCUT2D eigenvalue weighted by Gasteiger charge is 2.48. The van der Waals surface area contributed by atoms with Crippen molar-refractivity contribution in [3.05, 3.63) is 30.1 Å². The number of rotatable bonds is 2. The van der Waals surface area contributed by atoms with Crippen LogP contribution in [-0.2, 0) is 4.74 Å². The topological polar surface area (TPSA) is 42.4 Å². The lowest BCUT2D eigenvalue weighted by Crippen LogP contribution is -2.39. The lowest BCUT2D eigenvalue weighted by molar-refractivity contribution is 0.0546. The van der Waals surface area contributed by atoms with Gasteiger partial charge >= 0.3 is 0 Å². The van der Waals surface area contributed by atoms with Crippen LogP contribution in [0.5, 0.6) is 0 Å².